The number of hydrogen-bond acceptors (Lipinski definition) is 3. The van der Waals surface area contributed by atoms with E-state index in [1.807, 2.05) is 0 Å². The van der Waals surface area contributed by atoms with Crippen LogP contribution in [-0.2, 0) is 16.4 Å². The first-order valence-corrected chi connectivity index (χ1v) is 9.37. The van der Waals surface area contributed by atoms with Crippen molar-refractivity contribution in [3.8, 4) is 0 Å². The Balaban J connectivity index is 2.08. The Bertz CT molecular complexity index is 856. The molecule has 0 atom stereocenters. The number of nitrogens with one attached hydrogen (secondary N) is 2. The second-order valence-corrected chi connectivity index (χ2v) is 7.73. The highest BCUT2D eigenvalue weighted by Crippen LogP contribution is 2.21. The quantitative estimate of drug-likeness (QED) is 0.761. The summed E-state index contributed by atoms with van der Waals surface area (Å²) in [6, 6.07) is 10.3. The van der Waals surface area contributed by atoms with Crippen LogP contribution >= 0.6 is 15.9 Å². The highest BCUT2D eigenvalue weighted by molar-refractivity contribution is 9.10. The zero-order chi connectivity index (χ0) is 17.7. The fourth-order valence-electron chi connectivity index (χ4n) is 2.07. The molecule has 0 radical (unpaired) electrons. The molecule has 2 rings (SSSR count). The molecule has 0 heterocycles. The second-order valence-electron chi connectivity index (χ2n) is 4.99. The number of sulfonamides is 1. The summed E-state index contributed by atoms with van der Waals surface area (Å²) in [5.74, 6) is -0.738. The average Bonchev–Trinajstić information content (AvgIpc) is 2.55. The summed E-state index contributed by atoms with van der Waals surface area (Å²) in [6.07, 6.45) is 0.468. The van der Waals surface area contributed by atoms with Gasteiger partial charge >= 0.3 is 0 Å². The molecule has 2 aromatic rings. The van der Waals surface area contributed by atoms with Crippen LogP contribution in [0.5, 0.6) is 0 Å². The minimum atomic E-state index is -3.63. The van der Waals surface area contributed by atoms with Gasteiger partial charge in [0.1, 0.15) is 5.82 Å². The van der Waals surface area contributed by atoms with Crippen molar-refractivity contribution < 1.29 is 17.6 Å². The van der Waals surface area contributed by atoms with E-state index in [0.717, 1.165) is 5.56 Å². The van der Waals surface area contributed by atoms with Crippen molar-refractivity contribution in [3.05, 3.63) is 63.9 Å². The normalized spacial score (nSPS) is 11.3. The van der Waals surface area contributed by atoms with E-state index in [-0.39, 0.29) is 16.3 Å². The van der Waals surface area contributed by atoms with Gasteiger partial charge in [0, 0.05) is 11.0 Å². The minimum Gasteiger partial charge on any atom is -0.352 e. The van der Waals surface area contributed by atoms with Crippen LogP contribution in [-0.4, -0.2) is 27.9 Å². The Labute approximate surface area is 148 Å². The van der Waals surface area contributed by atoms with Crippen LogP contribution in [0, 0.1) is 5.82 Å². The van der Waals surface area contributed by atoms with E-state index < -0.39 is 15.9 Å². The largest absolute Gasteiger partial charge is 0.352 e. The fourth-order valence-corrected chi connectivity index (χ4v) is 3.25. The van der Waals surface area contributed by atoms with E-state index in [9.17, 15) is 17.6 Å². The van der Waals surface area contributed by atoms with Crippen molar-refractivity contribution in [2.45, 2.75) is 11.3 Å². The Kier molecular flexibility index (Phi) is 6.09. The summed E-state index contributed by atoms with van der Waals surface area (Å²) >= 11 is 3.24. The van der Waals surface area contributed by atoms with Crippen LogP contribution in [0.3, 0.4) is 0 Å². The van der Waals surface area contributed by atoms with Gasteiger partial charge < -0.3 is 5.32 Å². The van der Waals surface area contributed by atoms with Crippen molar-refractivity contribution in [1.82, 2.24) is 10.0 Å². The number of amides is 1. The van der Waals surface area contributed by atoms with Gasteiger partial charge in [0.15, 0.2) is 0 Å². The van der Waals surface area contributed by atoms with Crippen molar-refractivity contribution in [3.63, 3.8) is 0 Å². The predicted octanol–water partition coefficient (Wildman–Crippen LogP) is 2.47. The number of benzene rings is 2. The summed E-state index contributed by atoms with van der Waals surface area (Å²) in [5.41, 5.74) is 0.978. The van der Waals surface area contributed by atoms with Crippen LogP contribution in [0.2, 0.25) is 0 Å². The molecule has 0 aromatic heterocycles. The zero-order valence-corrected chi connectivity index (χ0v) is 15.2. The van der Waals surface area contributed by atoms with Crippen LogP contribution in [0.25, 0.3) is 0 Å². The molecule has 0 saturated heterocycles. The Hall–Kier alpha value is -1.77. The maximum absolute atomic E-state index is 13.1. The van der Waals surface area contributed by atoms with Crippen LogP contribution in [0.4, 0.5) is 4.39 Å². The Morgan fingerprint density at radius 2 is 1.96 bits per heavy atom. The number of halogens is 2. The first-order chi connectivity index (χ1) is 11.3. The molecule has 2 aromatic carbocycles. The summed E-state index contributed by atoms with van der Waals surface area (Å²) < 4.78 is 39.4. The molecule has 24 heavy (non-hydrogen) atoms. The van der Waals surface area contributed by atoms with Gasteiger partial charge in [0.25, 0.3) is 5.91 Å². The van der Waals surface area contributed by atoms with Crippen molar-refractivity contribution >= 4 is 31.9 Å². The highest BCUT2D eigenvalue weighted by Gasteiger charge is 2.17. The maximum atomic E-state index is 13.1. The molecule has 8 heteroatoms. The SMILES string of the molecule is CNS(=O)(=O)c1ccc(Br)c(C(=O)NCCc2cccc(F)c2)c1. The molecule has 5 nitrogen and oxygen atoms in total. The molecule has 0 aliphatic heterocycles. The van der Waals surface area contributed by atoms with Gasteiger partial charge in [-0.15, -0.1) is 0 Å². The zero-order valence-electron chi connectivity index (χ0n) is 12.8. The third kappa shape index (κ3) is 4.62. The summed E-state index contributed by atoms with van der Waals surface area (Å²) in [5, 5.41) is 2.70. The first kappa shape index (κ1) is 18.6. The Morgan fingerprint density at radius 1 is 1.21 bits per heavy atom. The van der Waals surface area contributed by atoms with E-state index in [1.165, 1.54) is 37.4 Å². The summed E-state index contributed by atoms with van der Waals surface area (Å²) in [7, 11) is -2.33. The average molecular weight is 415 g/mol. The number of carbonyl (C=O) groups is 1. The monoisotopic (exact) mass is 414 g/mol. The second kappa shape index (κ2) is 7.87. The molecule has 128 valence electrons. The molecule has 0 fully saturated rings. The van der Waals surface area contributed by atoms with Crippen LogP contribution < -0.4 is 10.0 Å². The number of rotatable bonds is 6. The molecule has 1 amide bonds. The molecular weight excluding hydrogens is 399 g/mol. The lowest BCUT2D eigenvalue weighted by molar-refractivity contribution is 0.0953. The van der Waals surface area contributed by atoms with Crippen molar-refractivity contribution in [2.75, 3.05) is 13.6 Å². The van der Waals surface area contributed by atoms with Crippen molar-refractivity contribution in [2.24, 2.45) is 0 Å². The predicted molar refractivity (Wildman–Crippen MR) is 92.8 cm³/mol. The van der Waals surface area contributed by atoms with Gasteiger partial charge in [-0.3, -0.25) is 4.79 Å². The molecule has 0 aliphatic carbocycles. The van der Waals surface area contributed by atoms with Crippen LogP contribution in [0.1, 0.15) is 15.9 Å². The molecule has 2 N–H and O–H groups in total. The van der Waals surface area contributed by atoms with E-state index in [0.29, 0.717) is 17.4 Å². The number of carbonyl (C=O) groups excluding carboxylic acids is 1. The van der Waals surface area contributed by atoms with E-state index >= 15 is 0 Å². The van der Waals surface area contributed by atoms with Crippen LogP contribution in [0.15, 0.2) is 51.8 Å². The van der Waals surface area contributed by atoms with Gasteiger partial charge in [-0.25, -0.2) is 17.5 Å². The standard InChI is InChI=1S/C16H16BrFN2O3S/c1-19-24(22,23)13-5-6-15(17)14(10-13)16(21)20-8-7-11-3-2-4-12(18)9-11/h2-6,9-10,19H,7-8H2,1H3,(H,20,21). The third-order valence-electron chi connectivity index (χ3n) is 3.35. The van der Waals surface area contributed by atoms with E-state index in [1.54, 1.807) is 12.1 Å². The third-order valence-corrected chi connectivity index (χ3v) is 5.45. The lowest BCUT2D eigenvalue weighted by Crippen LogP contribution is -2.26. The molecule has 0 saturated carbocycles. The minimum absolute atomic E-state index is 0.00322. The summed E-state index contributed by atoms with van der Waals surface area (Å²) in [4.78, 5) is 12.3. The maximum Gasteiger partial charge on any atom is 0.252 e. The molecule has 0 bridgehead atoms. The topological polar surface area (TPSA) is 75.3 Å². The van der Waals surface area contributed by atoms with Gasteiger partial charge in [0.2, 0.25) is 10.0 Å². The molecule has 0 spiro atoms. The lowest BCUT2D eigenvalue weighted by Gasteiger charge is -2.09. The number of hydrogen-bond donors (Lipinski definition) is 2. The van der Waals surface area contributed by atoms with Gasteiger partial charge in [-0.05, 0) is 65.3 Å². The fraction of sp³-hybridized carbons (Fsp3) is 0.188. The van der Waals surface area contributed by atoms with Crippen molar-refractivity contribution in [1.29, 1.82) is 0 Å². The molecule has 0 unspecified atom stereocenters. The Morgan fingerprint density at radius 3 is 2.62 bits per heavy atom. The lowest BCUT2D eigenvalue weighted by atomic mass is 10.1. The highest BCUT2D eigenvalue weighted by atomic mass is 79.9. The smallest absolute Gasteiger partial charge is 0.252 e. The van der Waals surface area contributed by atoms with Gasteiger partial charge in [-0.2, -0.15) is 0 Å². The van der Waals surface area contributed by atoms with Gasteiger partial charge in [0.05, 0.1) is 10.5 Å². The first-order valence-electron chi connectivity index (χ1n) is 7.09. The van der Waals surface area contributed by atoms with E-state index in [2.05, 4.69) is 26.0 Å². The summed E-state index contributed by atoms with van der Waals surface area (Å²) in [6.45, 7) is 0.303. The molecule has 0 aliphatic rings. The van der Waals surface area contributed by atoms with Gasteiger partial charge in [-0.1, -0.05) is 12.1 Å². The van der Waals surface area contributed by atoms with E-state index in [4.69, 9.17) is 0 Å². The molecular formula is C16H16BrFN2O3S.